The molecule has 0 aliphatic carbocycles. The molecule has 1 aromatic carbocycles. The molecule has 1 aliphatic heterocycles. The van der Waals surface area contributed by atoms with Gasteiger partial charge in [-0.15, -0.1) is 0 Å². The van der Waals surface area contributed by atoms with Gasteiger partial charge in [0.15, 0.2) is 0 Å². The van der Waals surface area contributed by atoms with E-state index < -0.39 is 11.7 Å². The number of amides is 2. The van der Waals surface area contributed by atoms with Gasteiger partial charge in [0.2, 0.25) is 0 Å². The summed E-state index contributed by atoms with van der Waals surface area (Å²) in [5.74, 6) is 0.118. The molecule has 0 radical (unpaired) electrons. The van der Waals surface area contributed by atoms with Crippen LogP contribution in [0.25, 0.3) is 10.9 Å². The van der Waals surface area contributed by atoms with Crippen molar-refractivity contribution >= 4 is 34.5 Å². The lowest BCUT2D eigenvalue weighted by molar-refractivity contribution is 0.0520. The summed E-state index contributed by atoms with van der Waals surface area (Å²) in [5.41, 5.74) is 0.645. The Labute approximate surface area is 163 Å². The van der Waals surface area contributed by atoms with Crippen molar-refractivity contribution in [1.82, 2.24) is 15.2 Å². The molecule has 7 heteroatoms. The molecule has 1 atom stereocenters. The van der Waals surface area contributed by atoms with Crippen LogP contribution >= 0.6 is 11.6 Å². The Bertz CT molecular complexity index is 863. The fourth-order valence-electron chi connectivity index (χ4n) is 3.10. The Morgan fingerprint density at radius 1 is 1.30 bits per heavy atom. The molecule has 0 spiro atoms. The van der Waals surface area contributed by atoms with E-state index in [4.69, 9.17) is 16.3 Å². The Hall–Kier alpha value is -2.34. The molecule has 1 saturated heterocycles. The molecule has 2 aromatic rings. The predicted octanol–water partition coefficient (Wildman–Crippen LogP) is 3.88. The van der Waals surface area contributed by atoms with Crippen LogP contribution in [0.5, 0.6) is 0 Å². The van der Waals surface area contributed by atoms with Gasteiger partial charge < -0.3 is 15.0 Å². The maximum Gasteiger partial charge on any atom is 0.407 e. The number of carbonyl (C=O) groups is 2. The number of rotatable bonds is 3. The standard InChI is InChI=1S/C20H24ClN3O3/c1-20(2,3)27-19(26)22-11-13-8-9-24(12-13)18(25)17-6-4-14-10-15(21)5-7-16(14)23-17/h4-7,10,13H,8-9,11-12H2,1-3H3,(H,22,26). The summed E-state index contributed by atoms with van der Waals surface area (Å²) in [7, 11) is 0. The van der Waals surface area contributed by atoms with Crippen molar-refractivity contribution in [2.75, 3.05) is 19.6 Å². The molecule has 3 rings (SSSR count). The third-order valence-corrected chi connectivity index (χ3v) is 4.61. The summed E-state index contributed by atoms with van der Waals surface area (Å²) >= 11 is 5.99. The average Bonchev–Trinajstić information content (AvgIpc) is 3.06. The average molecular weight is 390 g/mol. The van der Waals surface area contributed by atoms with Crippen LogP contribution in [0.3, 0.4) is 0 Å². The number of nitrogens with one attached hydrogen (secondary N) is 1. The highest BCUT2D eigenvalue weighted by molar-refractivity contribution is 6.31. The molecule has 0 saturated carbocycles. The zero-order valence-corrected chi connectivity index (χ0v) is 16.5. The first kappa shape index (κ1) is 19.4. The monoisotopic (exact) mass is 389 g/mol. The molecule has 2 heterocycles. The van der Waals surface area contributed by atoms with Gasteiger partial charge in [0.1, 0.15) is 11.3 Å². The summed E-state index contributed by atoms with van der Waals surface area (Å²) in [5, 5.41) is 4.33. The quantitative estimate of drug-likeness (QED) is 0.864. The number of halogens is 1. The van der Waals surface area contributed by atoms with Gasteiger partial charge in [-0.2, -0.15) is 0 Å². The van der Waals surface area contributed by atoms with Crippen LogP contribution in [0.1, 0.15) is 37.7 Å². The molecule has 6 nitrogen and oxygen atoms in total. The number of ether oxygens (including phenoxy) is 1. The molecule has 1 unspecified atom stereocenters. The number of benzene rings is 1. The van der Waals surface area contributed by atoms with Gasteiger partial charge >= 0.3 is 6.09 Å². The second kappa shape index (κ2) is 7.72. The van der Waals surface area contributed by atoms with Crippen molar-refractivity contribution in [1.29, 1.82) is 0 Å². The number of aromatic nitrogens is 1. The lowest BCUT2D eigenvalue weighted by Gasteiger charge is -2.21. The number of likely N-dealkylation sites (tertiary alicyclic amines) is 1. The second-order valence-electron chi connectivity index (χ2n) is 7.82. The van der Waals surface area contributed by atoms with Crippen molar-refractivity contribution in [3.05, 3.63) is 41.0 Å². The number of fused-ring (bicyclic) bond motifs is 1. The van der Waals surface area contributed by atoms with E-state index in [1.807, 2.05) is 39.0 Å². The van der Waals surface area contributed by atoms with E-state index in [0.29, 0.717) is 30.4 Å². The number of carbonyl (C=O) groups excluding carboxylic acids is 2. The maximum absolute atomic E-state index is 12.8. The molecular weight excluding hydrogens is 366 g/mol. The molecule has 1 aliphatic rings. The number of pyridine rings is 1. The van der Waals surface area contributed by atoms with E-state index in [1.165, 1.54) is 0 Å². The number of hydrogen-bond donors (Lipinski definition) is 1. The third kappa shape index (κ3) is 5.10. The van der Waals surface area contributed by atoms with E-state index in [0.717, 1.165) is 17.3 Å². The summed E-state index contributed by atoms with van der Waals surface area (Å²) < 4.78 is 5.24. The van der Waals surface area contributed by atoms with Crippen LogP contribution in [0.4, 0.5) is 4.79 Å². The Morgan fingerprint density at radius 2 is 2.07 bits per heavy atom. The highest BCUT2D eigenvalue weighted by Crippen LogP contribution is 2.21. The van der Waals surface area contributed by atoms with Gasteiger partial charge in [-0.05, 0) is 57.4 Å². The fraction of sp³-hybridized carbons (Fsp3) is 0.450. The SMILES string of the molecule is CC(C)(C)OC(=O)NCC1CCN(C(=O)c2ccc3cc(Cl)ccc3n2)C1. The van der Waals surface area contributed by atoms with E-state index >= 15 is 0 Å². The molecule has 27 heavy (non-hydrogen) atoms. The van der Waals surface area contributed by atoms with Gasteiger partial charge in [-0.1, -0.05) is 17.7 Å². The fourth-order valence-corrected chi connectivity index (χ4v) is 3.28. The largest absolute Gasteiger partial charge is 0.444 e. The molecule has 1 fully saturated rings. The summed E-state index contributed by atoms with van der Waals surface area (Å²) in [6.45, 7) is 7.21. The Morgan fingerprint density at radius 3 is 2.81 bits per heavy atom. The van der Waals surface area contributed by atoms with Crippen LogP contribution in [-0.2, 0) is 4.74 Å². The van der Waals surface area contributed by atoms with Crippen LogP contribution in [0, 0.1) is 5.92 Å². The highest BCUT2D eigenvalue weighted by Gasteiger charge is 2.28. The zero-order valence-electron chi connectivity index (χ0n) is 15.8. The minimum atomic E-state index is -0.520. The van der Waals surface area contributed by atoms with Crippen LogP contribution in [-0.4, -0.2) is 47.1 Å². The number of hydrogen-bond acceptors (Lipinski definition) is 4. The van der Waals surface area contributed by atoms with Crippen LogP contribution in [0.2, 0.25) is 5.02 Å². The van der Waals surface area contributed by atoms with Gasteiger partial charge in [-0.3, -0.25) is 4.79 Å². The van der Waals surface area contributed by atoms with E-state index in [1.54, 1.807) is 17.0 Å². The summed E-state index contributed by atoms with van der Waals surface area (Å²) in [6.07, 6.45) is 0.409. The van der Waals surface area contributed by atoms with Gasteiger partial charge in [-0.25, -0.2) is 9.78 Å². The topological polar surface area (TPSA) is 71.5 Å². The molecular formula is C20H24ClN3O3. The lowest BCUT2D eigenvalue weighted by Crippen LogP contribution is -2.36. The van der Waals surface area contributed by atoms with E-state index in [2.05, 4.69) is 10.3 Å². The van der Waals surface area contributed by atoms with Crippen molar-refractivity contribution in [2.45, 2.75) is 32.8 Å². The first-order valence-electron chi connectivity index (χ1n) is 9.04. The summed E-state index contributed by atoms with van der Waals surface area (Å²) in [6, 6.07) is 8.99. The van der Waals surface area contributed by atoms with Crippen LogP contribution < -0.4 is 5.32 Å². The highest BCUT2D eigenvalue weighted by atomic mass is 35.5. The zero-order chi connectivity index (χ0) is 19.6. The van der Waals surface area contributed by atoms with Crippen molar-refractivity contribution in [3.63, 3.8) is 0 Å². The van der Waals surface area contributed by atoms with E-state index in [9.17, 15) is 9.59 Å². The lowest BCUT2D eigenvalue weighted by atomic mass is 10.1. The molecule has 2 amide bonds. The minimum absolute atomic E-state index is 0.0911. The van der Waals surface area contributed by atoms with Gasteiger partial charge in [0.05, 0.1) is 5.52 Å². The second-order valence-corrected chi connectivity index (χ2v) is 8.26. The third-order valence-electron chi connectivity index (χ3n) is 4.38. The molecule has 1 aromatic heterocycles. The van der Waals surface area contributed by atoms with Crippen molar-refractivity contribution in [2.24, 2.45) is 5.92 Å². The molecule has 1 N–H and O–H groups in total. The Balaban J connectivity index is 1.57. The molecule has 0 bridgehead atoms. The Kier molecular flexibility index (Phi) is 5.56. The summed E-state index contributed by atoms with van der Waals surface area (Å²) in [4.78, 5) is 30.8. The predicted molar refractivity (Wildman–Crippen MR) is 105 cm³/mol. The van der Waals surface area contributed by atoms with Gasteiger partial charge in [0.25, 0.3) is 5.91 Å². The first-order valence-corrected chi connectivity index (χ1v) is 9.41. The van der Waals surface area contributed by atoms with Crippen LogP contribution in [0.15, 0.2) is 30.3 Å². The number of alkyl carbamates (subject to hydrolysis) is 1. The number of nitrogens with zero attached hydrogens (tertiary/aromatic N) is 2. The first-order chi connectivity index (χ1) is 12.7. The minimum Gasteiger partial charge on any atom is -0.444 e. The van der Waals surface area contributed by atoms with Crippen molar-refractivity contribution in [3.8, 4) is 0 Å². The van der Waals surface area contributed by atoms with E-state index in [-0.39, 0.29) is 11.8 Å². The van der Waals surface area contributed by atoms with Crippen molar-refractivity contribution < 1.29 is 14.3 Å². The normalized spacial score (nSPS) is 17.2. The van der Waals surface area contributed by atoms with Gasteiger partial charge in [0, 0.05) is 30.0 Å². The smallest absolute Gasteiger partial charge is 0.407 e. The molecule has 144 valence electrons. The maximum atomic E-state index is 12.8.